The van der Waals surface area contributed by atoms with E-state index in [9.17, 15) is 0 Å². The first-order valence-electron chi connectivity index (χ1n) is 18.1. The lowest BCUT2D eigenvalue weighted by atomic mass is 9.93. The van der Waals surface area contributed by atoms with Gasteiger partial charge < -0.3 is 4.42 Å². The van der Waals surface area contributed by atoms with E-state index in [1.54, 1.807) is 0 Å². The first-order chi connectivity index (χ1) is 25.7. The Morgan fingerprint density at radius 3 is 2.27 bits per heavy atom. The Kier molecular flexibility index (Phi) is 6.47. The molecule has 52 heavy (non-hydrogen) atoms. The molecule has 0 spiro atoms. The standard InChI is InChI=1S/C48H33N3O/c1-2-10-32(11-3-1)36-26-35-19-21-50-47(39(35)28-36)42-24-31(23-41-40-27-33-12-4-5-13-34(33)29-45(40)52-48(41)42)22-30-17-18-38-37-14-6-7-15-43(37)51(44(38)25-30)46-16-8-9-20-49-46/h1-21,23-25,27,29,36H,22,26,28H2. The molecule has 0 aliphatic heterocycles. The van der Waals surface area contributed by atoms with Crippen LogP contribution < -0.4 is 0 Å². The molecule has 0 radical (unpaired) electrons. The summed E-state index contributed by atoms with van der Waals surface area (Å²) in [5.41, 5.74) is 12.8. The molecule has 4 nitrogen and oxygen atoms in total. The van der Waals surface area contributed by atoms with Gasteiger partial charge in [-0.05, 0) is 118 Å². The summed E-state index contributed by atoms with van der Waals surface area (Å²) < 4.78 is 9.12. The van der Waals surface area contributed by atoms with Crippen LogP contribution in [0.25, 0.3) is 71.6 Å². The molecule has 1 aliphatic carbocycles. The molecule has 10 aromatic rings. The average molecular weight is 668 g/mol. The van der Waals surface area contributed by atoms with Crippen molar-refractivity contribution < 1.29 is 4.42 Å². The van der Waals surface area contributed by atoms with Gasteiger partial charge in [-0.1, -0.05) is 91.0 Å². The molecule has 4 aromatic heterocycles. The lowest BCUT2D eigenvalue weighted by Gasteiger charge is -2.12. The molecule has 4 heteroatoms. The van der Waals surface area contributed by atoms with E-state index in [1.165, 1.54) is 49.4 Å². The van der Waals surface area contributed by atoms with Crippen molar-refractivity contribution in [3.8, 4) is 17.1 Å². The van der Waals surface area contributed by atoms with Crippen LogP contribution in [0.5, 0.6) is 0 Å². The Bertz CT molecular complexity index is 2990. The minimum Gasteiger partial charge on any atom is -0.455 e. The van der Waals surface area contributed by atoms with Gasteiger partial charge in [-0.15, -0.1) is 0 Å². The molecule has 1 atom stereocenters. The summed E-state index contributed by atoms with van der Waals surface area (Å²) in [6.45, 7) is 0. The summed E-state index contributed by atoms with van der Waals surface area (Å²) >= 11 is 0. The summed E-state index contributed by atoms with van der Waals surface area (Å²) in [5.74, 6) is 1.36. The van der Waals surface area contributed by atoms with Crippen LogP contribution in [-0.4, -0.2) is 14.5 Å². The highest BCUT2D eigenvalue weighted by Crippen LogP contribution is 2.43. The van der Waals surface area contributed by atoms with Crippen molar-refractivity contribution in [3.63, 3.8) is 0 Å². The van der Waals surface area contributed by atoms with E-state index in [4.69, 9.17) is 14.4 Å². The van der Waals surface area contributed by atoms with E-state index >= 15 is 0 Å². The van der Waals surface area contributed by atoms with Crippen molar-refractivity contribution in [2.75, 3.05) is 0 Å². The topological polar surface area (TPSA) is 43.9 Å². The normalized spacial score (nSPS) is 14.3. The number of hydrogen-bond donors (Lipinski definition) is 0. The van der Waals surface area contributed by atoms with Crippen molar-refractivity contribution >= 4 is 54.5 Å². The van der Waals surface area contributed by atoms with Gasteiger partial charge in [0, 0.05) is 39.5 Å². The Balaban J connectivity index is 1.10. The largest absolute Gasteiger partial charge is 0.455 e. The maximum Gasteiger partial charge on any atom is 0.144 e. The van der Waals surface area contributed by atoms with Crippen LogP contribution in [0.4, 0.5) is 0 Å². The molecule has 0 N–H and O–H groups in total. The highest BCUT2D eigenvalue weighted by atomic mass is 16.3. The molecule has 0 fully saturated rings. The van der Waals surface area contributed by atoms with Gasteiger partial charge in [0.25, 0.3) is 0 Å². The molecule has 0 bridgehead atoms. The van der Waals surface area contributed by atoms with Crippen LogP contribution >= 0.6 is 0 Å². The van der Waals surface area contributed by atoms with Crippen molar-refractivity contribution in [2.45, 2.75) is 25.2 Å². The van der Waals surface area contributed by atoms with E-state index in [0.29, 0.717) is 5.92 Å². The van der Waals surface area contributed by atoms with E-state index in [-0.39, 0.29) is 0 Å². The van der Waals surface area contributed by atoms with Gasteiger partial charge in [0.05, 0.1) is 16.7 Å². The smallest absolute Gasteiger partial charge is 0.144 e. The van der Waals surface area contributed by atoms with E-state index < -0.39 is 0 Å². The molecule has 6 aromatic carbocycles. The summed E-state index contributed by atoms with van der Waals surface area (Å²) in [7, 11) is 0. The maximum absolute atomic E-state index is 6.83. The van der Waals surface area contributed by atoms with Crippen molar-refractivity contribution in [1.29, 1.82) is 0 Å². The number of rotatable bonds is 5. The molecule has 1 aliphatic rings. The lowest BCUT2D eigenvalue weighted by Crippen LogP contribution is -1.98. The fourth-order valence-electron chi connectivity index (χ4n) is 8.72. The zero-order chi connectivity index (χ0) is 34.2. The Morgan fingerprint density at radius 2 is 1.38 bits per heavy atom. The van der Waals surface area contributed by atoms with Crippen molar-refractivity contribution in [3.05, 3.63) is 186 Å². The zero-order valence-corrected chi connectivity index (χ0v) is 28.5. The first kappa shape index (κ1) is 29.2. The number of furan rings is 1. The molecule has 4 heterocycles. The second-order valence-electron chi connectivity index (χ2n) is 14.2. The molecule has 0 saturated heterocycles. The lowest BCUT2D eigenvalue weighted by molar-refractivity contribution is 0.670. The summed E-state index contributed by atoms with van der Waals surface area (Å²) in [6.07, 6.45) is 6.61. The molecule has 0 amide bonds. The molecule has 11 rings (SSSR count). The second-order valence-corrected chi connectivity index (χ2v) is 14.2. The van der Waals surface area contributed by atoms with Crippen LogP contribution in [0.1, 0.15) is 33.7 Å². The van der Waals surface area contributed by atoms with Gasteiger partial charge in [0.1, 0.15) is 17.0 Å². The number of pyridine rings is 2. The van der Waals surface area contributed by atoms with Gasteiger partial charge in [-0.3, -0.25) is 9.55 Å². The number of hydrogen-bond acceptors (Lipinski definition) is 3. The Morgan fingerprint density at radius 1 is 0.577 bits per heavy atom. The quantitative estimate of drug-likeness (QED) is 0.183. The van der Waals surface area contributed by atoms with Crippen LogP contribution in [0.15, 0.2) is 162 Å². The second kappa shape index (κ2) is 11.5. The van der Waals surface area contributed by atoms with E-state index in [2.05, 4.69) is 144 Å². The molecular formula is C48H33N3O. The van der Waals surface area contributed by atoms with E-state index in [0.717, 1.165) is 69.3 Å². The van der Waals surface area contributed by atoms with Gasteiger partial charge in [-0.2, -0.15) is 0 Å². The van der Waals surface area contributed by atoms with Crippen LogP contribution in [0, 0.1) is 0 Å². The molecule has 1 unspecified atom stereocenters. The molecule has 0 saturated carbocycles. The number of fused-ring (bicyclic) bond motifs is 8. The number of benzene rings is 6. The first-order valence-corrected chi connectivity index (χ1v) is 18.1. The third-order valence-corrected chi connectivity index (χ3v) is 11.1. The van der Waals surface area contributed by atoms with Gasteiger partial charge in [-0.25, -0.2) is 4.98 Å². The number of para-hydroxylation sites is 1. The summed E-state index contributed by atoms with van der Waals surface area (Å²) in [6, 6.07) is 52.4. The Labute approximate surface area is 300 Å². The van der Waals surface area contributed by atoms with Crippen molar-refractivity contribution in [2.24, 2.45) is 0 Å². The third kappa shape index (κ3) is 4.61. The fourth-order valence-corrected chi connectivity index (χ4v) is 8.72. The molecular weight excluding hydrogens is 635 g/mol. The Hall–Kier alpha value is -6.52. The van der Waals surface area contributed by atoms with Crippen LogP contribution in [0.2, 0.25) is 0 Å². The fraction of sp³-hybridized carbons (Fsp3) is 0.0833. The monoisotopic (exact) mass is 667 g/mol. The minimum atomic E-state index is 0.441. The molecule has 246 valence electrons. The third-order valence-electron chi connectivity index (χ3n) is 11.1. The SMILES string of the molecule is c1ccc(C2Cc3ccnc(-c4cc(Cc5ccc6c7ccccc7n(-c7ccccn7)c6c5)cc5c4oc4cc6ccccc6cc45)c3C2)cc1. The van der Waals surface area contributed by atoms with Gasteiger partial charge >= 0.3 is 0 Å². The maximum atomic E-state index is 6.83. The van der Waals surface area contributed by atoms with Crippen LogP contribution in [-0.2, 0) is 19.3 Å². The highest BCUT2D eigenvalue weighted by molar-refractivity contribution is 6.13. The number of nitrogens with zero attached hydrogens (tertiary/aromatic N) is 3. The predicted molar refractivity (Wildman–Crippen MR) is 212 cm³/mol. The summed E-state index contributed by atoms with van der Waals surface area (Å²) in [5, 5.41) is 7.11. The minimum absolute atomic E-state index is 0.441. The van der Waals surface area contributed by atoms with Crippen molar-refractivity contribution in [1.82, 2.24) is 14.5 Å². The zero-order valence-electron chi connectivity index (χ0n) is 28.5. The van der Waals surface area contributed by atoms with Crippen LogP contribution in [0.3, 0.4) is 0 Å². The van der Waals surface area contributed by atoms with E-state index in [1.807, 2.05) is 18.5 Å². The van der Waals surface area contributed by atoms with Gasteiger partial charge in [0.15, 0.2) is 0 Å². The highest BCUT2D eigenvalue weighted by Gasteiger charge is 2.28. The summed E-state index contributed by atoms with van der Waals surface area (Å²) in [4.78, 5) is 9.87. The predicted octanol–water partition coefficient (Wildman–Crippen LogP) is 11.8. The van der Waals surface area contributed by atoms with Gasteiger partial charge in [0.2, 0.25) is 0 Å². The number of aromatic nitrogens is 3. The average Bonchev–Trinajstić information content (AvgIpc) is 3.89.